The van der Waals surface area contributed by atoms with E-state index in [1.807, 2.05) is 18.2 Å². The highest BCUT2D eigenvalue weighted by Crippen LogP contribution is 2.38. The van der Waals surface area contributed by atoms with E-state index in [2.05, 4.69) is 48.3 Å². The Morgan fingerprint density at radius 2 is 1.64 bits per heavy atom. The summed E-state index contributed by atoms with van der Waals surface area (Å²) in [6.45, 7) is 2.12. The van der Waals surface area contributed by atoms with Gasteiger partial charge in [-0.25, -0.2) is 0 Å². The number of hydrogen-bond acceptors (Lipinski definition) is 2. The quantitative estimate of drug-likeness (QED) is 0.529. The lowest BCUT2D eigenvalue weighted by molar-refractivity contribution is 0.480. The Morgan fingerprint density at radius 1 is 0.818 bits per heavy atom. The zero-order chi connectivity index (χ0) is 15.1. The molecule has 4 aromatic rings. The Bertz CT molecular complexity index is 1000. The van der Waals surface area contributed by atoms with E-state index in [1.165, 1.54) is 21.9 Å². The van der Waals surface area contributed by atoms with Gasteiger partial charge in [0.1, 0.15) is 11.3 Å². The summed E-state index contributed by atoms with van der Waals surface area (Å²) < 4.78 is 0. The number of benzene rings is 3. The number of aryl methyl sites for hydroxylation is 1. The molecular formula is C20H15NO. The second-order valence-corrected chi connectivity index (χ2v) is 5.51. The summed E-state index contributed by atoms with van der Waals surface area (Å²) >= 11 is 0. The predicted octanol–water partition coefficient (Wildman–Crippen LogP) is 5.07. The molecule has 0 aliphatic heterocycles. The van der Waals surface area contributed by atoms with Crippen molar-refractivity contribution in [3.63, 3.8) is 0 Å². The molecule has 0 unspecified atom stereocenters. The van der Waals surface area contributed by atoms with Crippen molar-refractivity contribution in [3.8, 4) is 16.9 Å². The van der Waals surface area contributed by atoms with Crippen molar-refractivity contribution in [3.05, 3.63) is 72.4 Å². The van der Waals surface area contributed by atoms with Gasteiger partial charge in [-0.1, -0.05) is 42.5 Å². The zero-order valence-corrected chi connectivity index (χ0v) is 12.2. The van der Waals surface area contributed by atoms with Gasteiger partial charge in [-0.15, -0.1) is 0 Å². The van der Waals surface area contributed by atoms with Gasteiger partial charge in [0.05, 0.1) is 0 Å². The Labute approximate surface area is 128 Å². The maximum Gasteiger partial charge on any atom is 0.141 e. The first-order valence-corrected chi connectivity index (χ1v) is 7.31. The molecule has 0 fully saturated rings. The highest BCUT2D eigenvalue weighted by atomic mass is 16.3. The van der Waals surface area contributed by atoms with Crippen LogP contribution in [0.1, 0.15) is 5.56 Å². The molecule has 0 saturated carbocycles. The number of fused-ring (bicyclic) bond motifs is 2. The molecule has 0 amide bonds. The van der Waals surface area contributed by atoms with E-state index in [0.29, 0.717) is 5.52 Å². The molecule has 2 nitrogen and oxygen atoms in total. The fraction of sp³-hybridized carbons (Fsp3) is 0.0500. The standard InChI is InChI=1S/C20H15NO/c1-13-8-9-14-5-2-3-6-15(14)19(13)16-10-11-18(22)20-17(16)7-4-12-21-20/h2-12,22H,1H3. The SMILES string of the molecule is Cc1ccc2ccccc2c1-c1ccc(O)c2ncccc12. The van der Waals surface area contributed by atoms with Crippen LogP contribution in [0.2, 0.25) is 0 Å². The number of pyridine rings is 1. The highest BCUT2D eigenvalue weighted by Gasteiger charge is 2.12. The smallest absolute Gasteiger partial charge is 0.141 e. The predicted molar refractivity (Wildman–Crippen MR) is 91.1 cm³/mol. The van der Waals surface area contributed by atoms with E-state index < -0.39 is 0 Å². The normalized spacial score (nSPS) is 11.1. The fourth-order valence-electron chi connectivity index (χ4n) is 3.11. The van der Waals surface area contributed by atoms with Crippen molar-refractivity contribution in [1.82, 2.24) is 4.98 Å². The van der Waals surface area contributed by atoms with E-state index in [0.717, 1.165) is 10.9 Å². The molecule has 0 aliphatic carbocycles. The van der Waals surface area contributed by atoms with Gasteiger partial charge in [-0.2, -0.15) is 0 Å². The Kier molecular flexibility index (Phi) is 2.83. The molecule has 0 atom stereocenters. The molecule has 0 saturated heterocycles. The van der Waals surface area contributed by atoms with Gasteiger partial charge >= 0.3 is 0 Å². The van der Waals surface area contributed by atoms with Gasteiger partial charge in [0.25, 0.3) is 0 Å². The first-order valence-electron chi connectivity index (χ1n) is 7.31. The average molecular weight is 285 g/mol. The van der Waals surface area contributed by atoms with E-state index in [9.17, 15) is 5.11 Å². The van der Waals surface area contributed by atoms with Crippen LogP contribution < -0.4 is 0 Å². The molecule has 3 aromatic carbocycles. The first-order chi connectivity index (χ1) is 10.8. The average Bonchev–Trinajstić information content (AvgIpc) is 2.56. The van der Waals surface area contributed by atoms with Gasteiger partial charge in [0.2, 0.25) is 0 Å². The second-order valence-electron chi connectivity index (χ2n) is 5.51. The van der Waals surface area contributed by atoms with Crippen molar-refractivity contribution in [2.24, 2.45) is 0 Å². The molecule has 0 aliphatic rings. The largest absolute Gasteiger partial charge is 0.506 e. The number of aromatic nitrogens is 1. The molecule has 0 radical (unpaired) electrons. The molecule has 4 rings (SSSR count). The van der Waals surface area contributed by atoms with E-state index >= 15 is 0 Å². The summed E-state index contributed by atoms with van der Waals surface area (Å²) in [5.41, 5.74) is 4.17. The summed E-state index contributed by atoms with van der Waals surface area (Å²) in [6, 6.07) is 20.3. The Morgan fingerprint density at radius 3 is 2.55 bits per heavy atom. The first kappa shape index (κ1) is 12.8. The molecule has 1 aromatic heterocycles. The summed E-state index contributed by atoms with van der Waals surface area (Å²) in [5.74, 6) is 0.220. The van der Waals surface area contributed by atoms with E-state index in [1.54, 1.807) is 12.3 Å². The van der Waals surface area contributed by atoms with Crippen LogP contribution in [0, 0.1) is 6.92 Å². The number of phenols is 1. The maximum absolute atomic E-state index is 10.1. The van der Waals surface area contributed by atoms with Crippen LogP contribution >= 0.6 is 0 Å². The minimum absolute atomic E-state index is 0.220. The van der Waals surface area contributed by atoms with Crippen molar-refractivity contribution in [1.29, 1.82) is 0 Å². The Balaban J connectivity index is 2.17. The Hall–Kier alpha value is -2.87. The number of hydrogen-bond donors (Lipinski definition) is 1. The van der Waals surface area contributed by atoms with Crippen LogP contribution in [0.15, 0.2) is 66.9 Å². The van der Waals surface area contributed by atoms with E-state index in [-0.39, 0.29) is 5.75 Å². The lowest BCUT2D eigenvalue weighted by Gasteiger charge is -2.13. The van der Waals surface area contributed by atoms with Crippen LogP contribution in [0.5, 0.6) is 5.75 Å². The molecule has 22 heavy (non-hydrogen) atoms. The van der Waals surface area contributed by atoms with Gasteiger partial charge in [0, 0.05) is 11.6 Å². The lowest BCUT2D eigenvalue weighted by atomic mass is 9.91. The zero-order valence-electron chi connectivity index (χ0n) is 12.2. The van der Waals surface area contributed by atoms with Gasteiger partial charge < -0.3 is 5.11 Å². The molecule has 2 heteroatoms. The third kappa shape index (κ3) is 1.85. The van der Waals surface area contributed by atoms with Crippen molar-refractivity contribution in [2.75, 3.05) is 0 Å². The molecular weight excluding hydrogens is 270 g/mol. The summed E-state index contributed by atoms with van der Waals surface area (Å²) in [6.07, 6.45) is 1.71. The second kappa shape index (κ2) is 4.85. The maximum atomic E-state index is 10.1. The van der Waals surface area contributed by atoms with Crippen LogP contribution in [-0.2, 0) is 0 Å². The molecule has 0 bridgehead atoms. The third-order valence-electron chi connectivity index (χ3n) is 4.16. The molecule has 1 N–H and O–H groups in total. The van der Waals surface area contributed by atoms with Crippen LogP contribution in [0.4, 0.5) is 0 Å². The third-order valence-corrected chi connectivity index (χ3v) is 4.16. The van der Waals surface area contributed by atoms with Gasteiger partial charge in [-0.3, -0.25) is 4.98 Å². The van der Waals surface area contributed by atoms with Crippen LogP contribution in [0.25, 0.3) is 32.8 Å². The van der Waals surface area contributed by atoms with Gasteiger partial charge in [0.15, 0.2) is 0 Å². The lowest BCUT2D eigenvalue weighted by Crippen LogP contribution is -1.89. The molecule has 106 valence electrons. The van der Waals surface area contributed by atoms with Crippen LogP contribution in [0.3, 0.4) is 0 Å². The summed E-state index contributed by atoms with van der Waals surface area (Å²) in [5, 5.41) is 13.5. The van der Waals surface area contributed by atoms with E-state index in [4.69, 9.17) is 0 Å². The van der Waals surface area contributed by atoms with Gasteiger partial charge in [-0.05, 0) is 52.6 Å². The minimum Gasteiger partial charge on any atom is -0.506 e. The van der Waals surface area contributed by atoms with Crippen molar-refractivity contribution >= 4 is 21.7 Å². The molecule has 0 spiro atoms. The number of aromatic hydroxyl groups is 1. The topological polar surface area (TPSA) is 33.1 Å². The summed E-state index contributed by atoms with van der Waals surface area (Å²) in [4.78, 5) is 4.33. The summed E-state index contributed by atoms with van der Waals surface area (Å²) in [7, 11) is 0. The van der Waals surface area contributed by atoms with Crippen LogP contribution in [-0.4, -0.2) is 10.1 Å². The van der Waals surface area contributed by atoms with Crippen molar-refractivity contribution in [2.45, 2.75) is 6.92 Å². The minimum atomic E-state index is 0.220. The number of nitrogens with zero attached hydrogens (tertiary/aromatic N) is 1. The monoisotopic (exact) mass is 285 g/mol. The fourth-order valence-corrected chi connectivity index (χ4v) is 3.11. The number of phenolic OH excluding ortho intramolecular Hbond substituents is 1. The molecule has 1 heterocycles. The van der Waals surface area contributed by atoms with Crippen molar-refractivity contribution < 1.29 is 5.11 Å². The number of rotatable bonds is 1. The highest BCUT2D eigenvalue weighted by molar-refractivity contribution is 6.06.